The minimum atomic E-state index is 0.183. The largest absolute Gasteiger partial charge is 0.378 e. The molecular formula is C12H14Br2O2. The van der Waals surface area contributed by atoms with Crippen molar-refractivity contribution in [3.8, 4) is 0 Å². The topological polar surface area (TPSA) is 18.5 Å². The number of methoxy groups -OCH3 is 1. The lowest BCUT2D eigenvalue weighted by atomic mass is 9.91. The van der Waals surface area contributed by atoms with E-state index in [1.54, 1.807) is 7.11 Å². The lowest BCUT2D eigenvalue weighted by Crippen LogP contribution is -2.50. The molecule has 1 aromatic carbocycles. The average molecular weight is 350 g/mol. The summed E-state index contributed by atoms with van der Waals surface area (Å²) in [5.41, 5.74) is 1.18. The minimum absolute atomic E-state index is 0.183. The Morgan fingerprint density at radius 3 is 2.75 bits per heavy atom. The number of alkyl halides is 1. The third kappa shape index (κ3) is 2.67. The fourth-order valence-corrected chi connectivity index (χ4v) is 3.13. The lowest BCUT2D eigenvalue weighted by molar-refractivity contribution is -0.113. The van der Waals surface area contributed by atoms with E-state index in [4.69, 9.17) is 9.47 Å². The number of hydrogen-bond acceptors (Lipinski definition) is 2. The highest BCUT2D eigenvalue weighted by molar-refractivity contribution is 9.10. The minimum Gasteiger partial charge on any atom is -0.378 e. The van der Waals surface area contributed by atoms with E-state index in [0.717, 1.165) is 10.9 Å². The molecular weight excluding hydrogens is 336 g/mol. The fraction of sp³-hybridized carbons (Fsp3) is 0.500. The molecule has 0 spiro atoms. The van der Waals surface area contributed by atoms with E-state index in [0.29, 0.717) is 11.4 Å². The molecule has 2 rings (SSSR count). The first-order chi connectivity index (χ1) is 7.72. The van der Waals surface area contributed by atoms with Crippen molar-refractivity contribution in [2.75, 3.05) is 7.11 Å². The van der Waals surface area contributed by atoms with Gasteiger partial charge in [-0.1, -0.05) is 50.1 Å². The van der Waals surface area contributed by atoms with Crippen LogP contribution in [0.1, 0.15) is 12.0 Å². The molecule has 4 heteroatoms. The molecule has 0 aromatic heterocycles. The number of hydrogen-bond donors (Lipinski definition) is 0. The van der Waals surface area contributed by atoms with E-state index in [-0.39, 0.29) is 12.2 Å². The van der Waals surface area contributed by atoms with Crippen LogP contribution in [0.2, 0.25) is 0 Å². The second-order valence-corrected chi connectivity index (χ2v) is 5.92. The average Bonchev–Trinajstić information content (AvgIpc) is 2.26. The standard InChI is InChI=1S/C12H14Br2O2/c1-15-12-10(14)6-11(12)16-7-8-4-2-3-5-9(8)13/h2-5,10-12H,6-7H2,1H3. The Labute approximate surface area is 113 Å². The Morgan fingerprint density at radius 1 is 1.38 bits per heavy atom. The van der Waals surface area contributed by atoms with Crippen LogP contribution in [-0.2, 0) is 16.1 Å². The van der Waals surface area contributed by atoms with Crippen molar-refractivity contribution in [3.63, 3.8) is 0 Å². The lowest BCUT2D eigenvalue weighted by Gasteiger charge is -2.40. The highest BCUT2D eigenvalue weighted by Gasteiger charge is 2.40. The second kappa shape index (κ2) is 5.63. The molecule has 0 radical (unpaired) electrons. The third-order valence-electron chi connectivity index (χ3n) is 2.86. The summed E-state index contributed by atoms with van der Waals surface area (Å²) in [7, 11) is 1.73. The fourth-order valence-electron chi connectivity index (χ4n) is 1.80. The molecule has 16 heavy (non-hydrogen) atoms. The molecule has 1 saturated carbocycles. The molecule has 1 aliphatic rings. The van der Waals surface area contributed by atoms with Gasteiger partial charge in [-0.2, -0.15) is 0 Å². The van der Waals surface area contributed by atoms with E-state index >= 15 is 0 Å². The van der Waals surface area contributed by atoms with Gasteiger partial charge in [-0.15, -0.1) is 0 Å². The summed E-state index contributed by atoms with van der Waals surface area (Å²) >= 11 is 7.06. The van der Waals surface area contributed by atoms with Crippen molar-refractivity contribution in [1.82, 2.24) is 0 Å². The molecule has 0 aliphatic heterocycles. The SMILES string of the molecule is COC1C(Br)CC1OCc1ccccc1Br. The molecule has 2 nitrogen and oxygen atoms in total. The van der Waals surface area contributed by atoms with Gasteiger partial charge in [0.1, 0.15) is 0 Å². The van der Waals surface area contributed by atoms with Gasteiger partial charge in [0.2, 0.25) is 0 Å². The maximum Gasteiger partial charge on any atom is 0.0958 e. The normalized spacial score (nSPS) is 28.8. The summed E-state index contributed by atoms with van der Waals surface area (Å²) in [6, 6.07) is 8.12. The zero-order valence-corrected chi connectivity index (χ0v) is 12.2. The third-order valence-corrected chi connectivity index (χ3v) is 4.53. The van der Waals surface area contributed by atoms with Crippen molar-refractivity contribution in [3.05, 3.63) is 34.3 Å². The molecule has 0 bridgehead atoms. The van der Waals surface area contributed by atoms with Crippen LogP contribution in [0.25, 0.3) is 0 Å². The first kappa shape index (κ1) is 12.6. The second-order valence-electron chi connectivity index (χ2n) is 3.89. The Morgan fingerprint density at radius 2 is 2.12 bits per heavy atom. The van der Waals surface area contributed by atoms with Crippen LogP contribution < -0.4 is 0 Å². The summed E-state index contributed by atoms with van der Waals surface area (Å²) < 4.78 is 12.3. The number of halogens is 2. The van der Waals surface area contributed by atoms with Gasteiger partial charge in [0.15, 0.2) is 0 Å². The Hall–Kier alpha value is 0.100. The van der Waals surface area contributed by atoms with Crippen molar-refractivity contribution in [2.45, 2.75) is 30.1 Å². The van der Waals surface area contributed by atoms with E-state index < -0.39 is 0 Å². The van der Waals surface area contributed by atoms with Crippen molar-refractivity contribution >= 4 is 31.9 Å². The summed E-state index contributed by atoms with van der Waals surface area (Å²) in [5.74, 6) is 0. The van der Waals surface area contributed by atoms with Crippen LogP contribution >= 0.6 is 31.9 Å². The highest BCUT2D eigenvalue weighted by Crippen LogP contribution is 2.33. The van der Waals surface area contributed by atoms with Crippen molar-refractivity contribution < 1.29 is 9.47 Å². The van der Waals surface area contributed by atoms with Crippen LogP contribution in [-0.4, -0.2) is 24.1 Å². The highest BCUT2D eigenvalue weighted by atomic mass is 79.9. The maximum absolute atomic E-state index is 5.83. The zero-order valence-electron chi connectivity index (χ0n) is 9.03. The first-order valence-corrected chi connectivity index (χ1v) is 6.95. The first-order valence-electron chi connectivity index (χ1n) is 5.24. The van der Waals surface area contributed by atoms with Gasteiger partial charge < -0.3 is 9.47 Å². The van der Waals surface area contributed by atoms with Gasteiger partial charge in [0, 0.05) is 16.4 Å². The van der Waals surface area contributed by atoms with E-state index in [1.807, 2.05) is 18.2 Å². The molecule has 3 unspecified atom stereocenters. The smallest absolute Gasteiger partial charge is 0.0958 e. The van der Waals surface area contributed by atoms with Crippen molar-refractivity contribution in [2.24, 2.45) is 0 Å². The summed E-state index contributed by atoms with van der Waals surface area (Å²) in [6.45, 7) is 0.631. The predicted molar refractivity (Wildman–Crippen MR) is 70.8 cm³/mol. The monoisotopic (exact) mass is 348 g/mol. The zero-order chi connectivity index (χ0) is 11.5. The van der Waals surface area contributed by atoms with Gasteiger partial charge in [0.05, 0.1) is 18.8 Å². The Kier molecular flexibility index (Phi) is 4.41. The molecule has 1 aliphatic carbocycles. The van der Waals surface area contributed by atoms with Gasteiger partial charge in [0.25, 0.3) is 0 Å². The summed E-state index contributed by atoms with van der Waals surface area (Å²) in [5, 5.41) is 0. The number of benzene rings is 1. The molecule has 1 fully saturated rings. The molecule has 88 valence electrons. The van der Waals surface area contributed by atoms with Crippen LogP contribution in [0.3, 0.4) is 0 Å². The molecule has 3 atom stereocenters. The van der Waals surface area contributed by atoms with Gasteiger partial charge in [-0.3, -0.25) is 0 Å². The van der Waals surface area contributed by atoms with E-state index in [9.17, 15) is 0 Å². The number of ether oxygens (including phenoxy) is 2. The van der Waals surface area contributed by atoms with Crippen LogP contribution in [0, 0.1) is 0 Å². The molecule has 0 amide bonds. The molecule has 1 aromatic rings. The molecule has 0 N–H and O–H groups in total. The molecule has 0 heterocycles. The summed E-state index contributed by atoms with van der Waals surface area (Å²) in [4.78, 5) is 0.432. The predicted octanol–water partition coefficient (Wildman–Crippen LogP) is 3.52. The maximum atomic E-state index is 5.83. The summed E-state index contributed by atoms with van der Waals surface area (Å²) in [6.07, 6.45) is 1.41. The van der Waals surface area contributed by atoms with E-state index in [2.05, 4.69) is 37.9 Å². The van der Waals surface area contributed by atoms with Crippen LogP contribution in [0.5, 0.6) is 0 Å². The van der Waals surface area contributed by atoms with Gasteiger partial charge in [-0.25, -0.2) is 0 Å². The Balaban J connectivity index is 1.87. The van der Waals surface area contributed by atoms with Crippen molar-refractivity contribution in [1.29, 1.82) is 0 Å². The quantitative estimate of drug-likeness (QED) is 0.774. The van der Waals surface area contributed by atoms with Gasteiger partial charge in [-0.05, 0) is 18.1 Å². The Bertz CT molecular complexity index is 357. The van der Waals surface area contributed by atoms with Gasteiger partial charge >= 0.3 is 0 Å². The van der Waals surface area contributed by atoms with Crippen LogP contribution in [0.4, 0.5) is 0 Å². The number of rotatable bonds is 4. The molecule has 0 saturated heterocycles. The van der Waals surface area contributed by atoms with E-state index in [1.165, 1.54) is 5.56 Å². The van der Waals surface area contributed by atoms with Crippen LogP contribution in [0.15, 0.2) is 28.7 Å².